The first-order valence-corrected chi connectivity index (χ1v) is 24.0. The van der Waals surface area contributed by atoms with Crippen LogP contribution in [0.25, 0.3) is 0 Å². The van der Waals surface area contributed by atoms with Crippen molar-refractivity contribution in [3.8, 4) is 17.2 Å². The van der Waals surface area contributed by atoms with Crippen LogP contribution in [0.1, 0.15) is 86.5 Å². The summed E-state index contributed by atoms with van der Waals surface area (Å²) < 4.78 is 26.0. The molecular weight excluding hydrogens is 881 g/mol. The fourth-order valence-electron chi connectivity index (χ4n) is 10.3. The first-order chi connectivity index (χ1) is 33.6. The molecule has 2 amide bonds. The van der Waals surface area contributed by atoms with Crippen molar-refractivity contribution in [2.75, 3.05) is 33.5 Å². The summed E-state index contributed by atoms with van der Waals surface area (Å²) in [4.78, 5) is 47.4. The maximum Gasteiger partial charge on any atom is 0.412 e. The number of amides is 2. The Bertz CT molecular complexity index is 2440. The van der Waals surface area contributed by atoms with E-state index in [-0.39, 0.29) is 75.2 Å². The molecular formula is C54H64N4O11. The van der Waals surface area contributed by atoms with Crippen molar-refractivity contribution in [2.24, 2.45) is 22.9 Å². The number of nitrogens with zero attached hydrogens (tertiary/aromatic N) is 3. The zero-order valence-electron chi connectivity index (χ0n) is 39.5. The predicted molar refractivity (Wildman–Crippen MR) is 261 cm³/mol. The van der Waals surface area contributed by atoms with Crippen LogP contribution in [0.5, 0.6) is 17.2 Å². The van der Waals surface area contributed by atoms with Crippen molar-refractivity contribution in [2.45, 2.75) is 95.6 Å². The molecule has 1 saturated carbocycles. The molecule has 0 spiro atoms. The minimum absolute atomic E-state index is 0.0230. The molecule has 6 unspecified atom stereocenters. The molecule has 0 saturated heterocycles. The summed E-state index contributed by atoms with van der Waals surface area (Å²) in [7, 11) is 1.59. The van der Waals surface area contributed by atoms with Crippen LogP contribution in [-0.4, -0.2) is 83.1 Å². The number of nitro groups is 1. The number of aliphatic hydroxyl groups excluding tert-OH is 2. The fraction of sp³-hybridized carbons (Fsp3) is 0.426. The van der Waals surface area contributed by atoms with Gasteiger partial charge in [-0.2, -0.15) is 0 Å². The van der Waals surface area contributed by atoms with Gasteiger partial charge in [0.1, 0.15) is 29.9 Å². The summed E-state index contributed by atoms with van der Waals surface area (Å²) >= 11 is 0. The van der Waals surface area contributed by atoms with Gasteiger partial charge in [0.05, 0.1) is 36.7 Å². The minimum Gasteiger partial charge on any atom is -0.497 e. The van der Waals surface area contributed by atoms with Gasteiger partial charge in [-0.05, 0) is 109 Å². The third-order valence-electron chi connectivity index (χ3n) is 13.3. The molecule has 366 valence electrons. The standard InChI is InChI=1S/C54H64N4O11/c1-4-26-57(50(61)31-39-16-13-18-42(30-39)65-3)49-34-47(56-67-36-38-20-22-41(23-21-38)58(63)64)45-32-40(17-9-11-27-59)44(19-10-12-28-60)51-46-33-43(68-53(62)55-35-37-14-7-6-8-15-37)24-25-48(46)69-54(49,52(45)51)66-29-5-2/h5-8,13-16,18,20-25,30,32-33,40,44,49,51-52,59-60H,2,4,9-12,17,19,26-29,31,34-36H2,1,3H3,(H,55,62). The first kappa shape index (κ1) is 50.3. The molecule has 4 aromatic rings. The number of non-ortho nitro benzene ring substituents is 1. The third-order valence-corrected chi connectivity index (χ3v) is 13.3. The van der Waals surface area contributed by atoms with Crippen molar-refractivity contribution in [1.82, 2.24) is 10.2 Å². The minimum atomic E-state index is -1.49. The van der Waals surface area contributed by atoms with E-state index in [2.05, 4.69) is 18.0 Å². The maximum absolute atomic E-state index is 15.0. The lowest BCUT2D eigenvalue weighted by Crippen LogP contribution is -2.70. The summed E-state index contributed by atoms with van der Waals surface area (Å²) in [5.41, 5.74) is 4.58. The van der Waals surface area contributed by atoms with Crippen LogP contribution in [0.2, 0.25) is 0 Å². The normalized spacial score (nSPS) is 21.7. The molecule has 7 rings (SSSR count). The number of rotatable bonds is 24. The van der Waals surface area contributed by atoms with Crippen molar-refractivity contribution >= 4 is 23.4 Å². The van der Waals surface area contributed by atoms with Gasteiger partial charge >= 0.3 is 6.09 Å². The Balaban J connectivity index is 1.38. The topological polar surface area (TPSA) is 192 Å². The Morgan fingerprint density at radius 1 is 0.942 bits per heavy atom. The fourth-order valence-corrected chi connectivity index (χ4v) is 10.3. The zero-order valence-corrected chi connectivity index (χ0v) is 39.5. The van der Waals surface area contributed by atoms with E-state index in [0.29, 0.717) is 54.3 Å². The lowest BCUT2D eigenvalue weighted by molar-refractivity contribution is -0.384. The number of nitro benzene ring substituents is 1. The van der Waals surface area contributed by atoms with Crippen LogP contribution in [0.4, 0.5) is 10.5 Å². The number of benzene rings is 4. The summed E-state index contributed by atoms with van der Waals surface area (Å²) in [5, 5.41) is 39.2. The number of fused-ring (bicyclic) bond motifs is 2. The van der Waals surface area contributed by atoms with E-state index in [1.807, 2.05) is 78.6 Å². The molecule has 0 bridgehead atoms. The molecule has 69 heavy (non-hydrogen) atoms. The van der Waals surface area contributed by atoms with Gasteiger partial charge in [0.2, 0.25) is 11.7 Å². The quantitative estimate of drug-likeness (QED) is 0.0263. The van der Waals surface area contributed by atoms with Crippen molar-refractivity contribution in [3.63, 3.8) is 0 Å². The number of unbranched alkanes of at least 4 members (excludes halogenated alkanes) is 2. The van der Waals surface area contributed by atoms with Gasteiger partial charge in [-0.25, -0.2) is 4.79 Å². The molecule has 1 fully saturated rings. The van der Waals surface area contributed by atoms with E-state index in [4.69, 9.17) is 28.9 Å². The van der Waals surface area contributed by atoms with Crippen molar-refractivity contribution in [1.29, 1.82) is 0 Å². The molecule has 1 heterocycles. The van der Waals surface area contributed by atoms with E-state index >= 15 is 4.79 Å². The van der Waals surface area contributed by atoms with Gasteiger partial charge in [-0.15, -0.1) is 6.58 Å². The number of ether oxygens (including phenoxy) is 4. The molecule has 3 aliphatic rings. The molecule has 2 aliphatic carbocycles. The highest BCUT2D eigenvalue weighted by molar-refractivity contribution is 6.03. The molecule has 3 N–H and O–H groups in total. The smallest absolute Gasteiger partial charge is 0.412 e. The Kier molecular flexibility index (Phi) is 17.6. The lowest BCUT2D eigenvalue weighted by atomic mass is 9.55. The number of nitrogens with one attached hydrogen (secondary N) is 1. The average molecular weight is 945 g/mol. The monoisotopic (exact) mass is 944 g/mol. The highest BCUT2D eigenvalue weighted by atomic mass is 16.7. The summed E-state index contributed by atoms with van der Waals surface area (Å²) in [6.07, 6.45) is 8.34. The summed E-state index contributed by atoms with van der Waals surface area (Å²) in [6.45, 7) is 6.89. The van der Waals surface area contributed by atoms with Gasteiger partial charge < -0.3 is 44.2 Å². The second kappa shape index (κ2) is 24.1. The first-order valence-electron chi connectivity index (χ1n) is 24.0. The Morgan fingerprint density at radius 2 is 1.70 bits per heavy atom. The number of carbonyl (C=O) groups is 2. The predicted octanol–water partition coefficient (Wildman–Crippen LogP) is 9.21. The second-order valence-corrected chi connectivity index (χ2v) is 17.8. The van der Waals surface area contributed by atoms with E-state index < -0.39 is 28.8 Å². The molecule has 1 aliphatic heterocycles. The average Bonchev–Trinajstić information content (AvgIpc) is 3.36. The molecule has 0 radical (unpaired) electrons. The van der Waals surface area contributed by atoms with Crippen LogP contribution >= 0.6 is 0 Å². The molecule has 4 aromatic carbocycles. The van der Waals surface area contributed by atoms with Gasteiger partial charge in [0.15, 0.2) is 0 Å². The number of oxime groups is 1. The maximum atomic E-state index is 15.0. The zero-order chi connectivity index (χ0) is 48.8. The number of aliphatic hydroxyl groups is 2. The van der Waals surface area contributed by atoms with Gasteiger partial charge in [-0.3, -0.25) is 14.9 Å². The molecule has 15 nitrogen and oxygen atoms in total. The number of allylic oxidation sites excluding steroid dienone is 1. The number of hydrogen-bond donors (Lipinski definition) is 3. The SMILES string of the molecule is C=CCOC12Oc3ccc(OC(=O)NCc4ccccc4)cc3C3C(CCCCO)C(CCCCO)C=C(C(=NOCc4ccc([N+](=O)[O-])cc4)CC1N(CCC)C(=O)Cc1cccc(OC)c1)C32. The Morgan fingerprint density at radius 3 is 2.41 bits per heavy atom. The van der Waals surface area contributed by atoms with E-state index in [1.54, 1.807) is 31.4 Å². The summed E-state index contributed by atoms with van der Waals surface area (Å²) in [6, 6.07) is 27.8. The lowest BCUT2D eigenvalue weighted by Gasteiger charge is -2.60. The number of carbonyl (C=O) groups excluding carboxylic acids is 2. The van der Waals surface area contributed by atoms with Crippen molar-refractivity contribution < 1.29 is 48.5 Å². The van der Waals surface area contributed by atoms with Crippen LogP contribution in [0.15, 0.2) is 127 Å². The number of methoxy groups -OCH3 is 1. The van der Waals surface area contributed by atoms with Gasteiger partial charge in [0, 0.05) is 56.3 Å². The second-order valence-electron chi connectivity index (χ2n) is 17.8. The molecule has 15 heteroatoms. The third kappa shape index (κ3) is 12.0. The van der Waals surface area contributed by atoms with Crippen molar-refractivity contribution in [3.05, 3.63) is 154 Å². The van der Waals surface area contributed by atoms with E-state index in [0.717, 1.165) is 47.9 Å². The summed E-state index contributed by atoms with van der Waals surface area (Å²) in [5.74, 6) is -1.21. The van der Waals surface area contributed by atoms with Crippen LogP contribution in [-0.2, 0) is 33.9 Å². The highest BCUT2D eigenvalue weighted by Crippen LogP contribution is 2.62. The largest absolute Gasteiger partial charge is 0.497 e. The molecule has 6 atom stereocenters. The van der Waals surface area contributed by atoms with E-state index in [9.17, 15) is 25.1 Å². The highest BCUT2D eigenvalue weighted by Gasteiger charge is 2.65. The van der Waals surface area contributed by atoms with Gasteiger partial charge in [0.25, 0.3) is 5.69 Å². The Hall–Kier alpha value is -6.55. The van der Waals surface area contributed by atoms with E-state index in [1.165, 1.54) is 12.1 Å². The van der Waals surface area contributed by atoms with Gasteiger partial charge in [-0.1, -0.05) is 79.5 Å². The number of hydrogen-bond acceptors (Lipinski definition) is 12. The molecule has 0 aromatic heterocycles. The Labute approximate surface area is 403 Å². The van der Waals surface area contributed by atoms with Crippen LogP contribution in [0, 0.1) is 27.9 Å². The van der Waals surface area contributed by atoms with Crippen LogP contribution in [0.3, 0.4) is 0 Å². The van der Waals surface area contributed by atoms with Crippen LogP contribution < -0.4 is 19.5 Å².